The fourth-order valence-electron chi connectivity index (χ4n) is 3.69. The number of ether oxygens (including phenoxy) is 4. The van der Waals surface area contributed by atoms with Crippen LogP contribution in [-0.2, 0) is 27.5 Å². The zero-order chi connectivity index (χ0) is 28.9. The van der Waals surface area contributed by atoms with Crippen molar-refractivity contribution in [3.63, 3.8) is 0 Å². The van der Waals surface area contributed by atoms with Crippen LogP contribution in [0, 0.1) is 0 Å². The first-order chi connectivity index (χ1) is 20.0. The normalized spacial score (nSPS) is 10.9. The van der Waals surface area contributed by atoms with Gasteiger partial charge in [-0.05, 0) is 35.4 Å². The minimum Gasteiger partial charge on any atom is -0.488 e. The molecule has 4 rings (SSSR count). The maximum Gasteiger partial charge on any atom is 0.349 e. The van der Waals surface area contributed by atoms with Crippen LogP contribution in [0.5, 0.6) is 11.5 Å². The van der Waals surface area contributed by atoms with Crippen LogP contribution in [0.15, 0.2) is 114 Å². The molecular weight excluding hydrogens is 526 g/mol. The fourth-order valence-corrected chi connectivity index (χ4v) is 3.69. The predicted octanol–water partition coefficient (Wildman–Crippen LogP) is 5.95. The Bertz CT molecular complexity index is 1500. The van der Waals surface area contributed by atoms with Gasteiger partial charge in [-0.2, -0.15) is 0 Å². The van der Waals surface area contributed by atoms with Gasteiger partial charge < -0.3 is 24.2 Å². The van der Waals surface area contributed by atoms with E-state index in [9.17, 15) is 19.6 Å². The first-order valence-corrected chi connectivity index (χ1v) is 12.7. The van der Waals surface area contributed by atoms with Gasteiger partial charge >= 0.3 is 17.9 Å². The van der Waals surface area contributed by atoms with Crippen molar-refractivity contribution in [1.82, 2.24) is 0 Å². The number of nitrogens with zero attached hydrogens (tertiary/aromatic N) is 1. The molecule has 1 N–H and O–H groups in total. The lowest BCUT2D eigenvalue weighted by molar-refractivity contribution is -0.137. The quantitative estimate of drug-likeness (QED) is 0.0604. The van der Waals surface area contributed by atoms with E-state index >= 15 is 0 Å². The molecule has 0 saturated heterocycles. The monoisotopic (exact) mass is 553 g/mol. The molecule has 41 heavy (non-hydrogen) atoms. The van der Waals surface area contributed by atoms with Crippen LogP contribution in [0.25, 0.3) is 0 Å². The van der Waals surface area contributed by atoms with Gasteiger partial charge in [0.25, 0.3) is 0 Å². The molecule has 0 aromatic heterocycles. The third-order valence-corrected chi connectivity index (χ3v) is 5.76. The molecule has 0 aliphatic rings. The summed E-state index contributed by atoms with van der Waals surface area (Å²) in [6.45, 7) is 0.452. The average molecular weight is 554 g/mol. The van der Waals surface area contributed by atoms with E-state index in [2.05, 4.69) is 5.16 Å². The molecule has 0 radical (unpaired) electrons. The minimum atomic E-state index is -0.906. The summed E-state index contributed by atoms with van der Waals surface area (Å²) in [6.07, 6.45) is -0.689. The zero-order valence-corrected chi connectivity index (χ0v) is 22.0. The van der Waals surface area contributed by atoms with Crippen molar-refractivity contribution in [3.8, 4) is 11.5 Å². The van der Waals surface area contributed by atoms with E-state index in [0.29, 0.717) is 0 Å². The van der Waals surface area contributed by atoms with Crippen molar-refractivity contribution < 1.29 is 38.5 Å². The minimum absolute atomic E-state index is 0.0753. The Morgan fingerprint density at radius 2 is 1.00 bits per heavy atom. The van der Waals surface area contributed by atoms with E-state index in [0.717, 1.165) is 11.1 Å². The molecule has 0 unspecified atom stereocenters. The Labute approximate surface area is 236 Å². The highest BCUT2D eigenvalue weighted by molar-refractivity contribution is 6.02. The number of carbonyl (C=O) groups excluding carboxylic acids is 3. The van der Waals surface area contributed by atoms with Crippen LogP contribution in [0.4, 0.5) is 0 Å². The third-order valence-electron chi connectivity index (χ3n) is 5.76. The topological polar surface area (TPSA) is 121 Å². The lowest BCUT2D eigenvalue weighted by Gasteiger charge is -2.12. The summed E-state index contributed by atoms with van der Waals surface area (Å²) in [6, 6.07) is 31.6. The molecule has 0 fully saturated rings. The second kappa shape index (κ2) is 14.6. The fraction of sp³-hybridized carbons (Fsp3) is 0.125. The molecule has 0 heterocycles. The zero-order valence-electron chi connectivity index (χ0n) is 22.0. The largest absolute Gasteiger partial charge is 0.488 e. The highest BCUT2D eigenvalue weighted by Crippen LogP contribution is 2.22. The summed E-state index contributed by atoms with van der Waals surface area (Å²) in [4.78, 5) is 37.8. The predicted molar refractivity (Wildman–Crippen MR) is 149 cm³/mol. The molecule has 0 spiro atoms. The van der Waals surface area contributed by atoms with Crippen LogP contribution in [0.1, 0.15) is 44.7 Å². The number of para-hydroxylation sites is 2. The summed E-state index contributed by atoms with van der Waals surface area (Å²) in [5, 5.41) is 12.3. The van der Waals surface area contributed by atoms with Gasteiger partial charge in [0, 0.05) is 6.42 Å². The van der Waals surface area contributed by atoms with Gasteiger partial charge in [-0.1, -0.05) is 90.1 Å². The summed E-state index contributed by atoms with van der Waals surface area (Å²) in [7, 11) is 0. The Balaban J connectivity index is 1.29. The second-order valence-corrected chi connectivity index (χ2v) is 8.69. The lowest BCUT2D eigenvalue weighted by Crippen LogP contribution is -2.18. The van der Waals surface area contributed by atoms with E-state index in [1.54, 1.807) is 36.4 Å². The molecule has 0 saturated carbocycles. The summed E-state index contributed by atoms with van der Waals surface area (Å²) < 4.78 is 21.6. The number of hydrogen-bond donors (Lipinski definition) is 1. The molecule has 9 nitrogen and oxygen atoms in total. The van der Waals surface area contributed by atoms with E-state index in [1.807, 2.05) is 60.7 Å². The molecule has 4 aromatic rings. The Kier molecular flexibility index (Phi) is 10.2. The van der Waals surface area contributed by atoms with Crippen molar-refractivity contribution in [3.05, 3.63) is 131 Å². The maximum absolute atomic E-state index is 12.8. The van der Waals surface area contributed by atoms with Gasteiger partial charge in [-0.25, -0.2) is 9.59 Å². The molecule has 208 valence electrons. The maximum atomic E-state index is 12.8. The van der Waals surface area contributed by atoms with Crippen molar-refractivity contribution in [2.24, 2.45) is 5.16 Å². The van der Waals surface area contributed by atoms with Crippen molar-refractivity contribution in [2.75, 3.05) is 0 Å². The third kappa shape index (κ3) is 8.52. The molecule has 4 aromatic carbocycles. The van der Waals surface area contributed by atoms with Gasteiger partial charge in [-0.15, -0.1) is 0 Å². The number of hydrogen-bond acceptors (Lipinski definition) is 9. The van der Waals surface area contributed by atoms with Gasteiger partial charge in [0.15, 0.2) is 0 Å². The first kappa shape index (κ1) is 28.6. The van der Waals surface area contributed by atoms with Crippen LogP contribution in [0.3, 0.4) is 0 Å². The molecule has 0 aliphatic carbocycles. The number of carbonyl (C=O) groups is 3. The van der Waals surface area contributed by atoms with Gasteiger partial charge in [0.1, 0.15) is 35.8 Å². The van der Waals surface area contributed by atoms with Gasteiger partial charge in [-0.3, -0.25) is 4.79 Å². The van der Waals surface area contributed by atoms with E-state index in [4.69, 9.17) is 18.9 Å². The summed E-state index contributed by atoms with van der Waals surface area (Å²) in [5.41, 5.74) is 2.00. The molecule has 0 amide bonds. The molecule has 9 heteroatoms. The standard InChI is InChI=1S/C32H27NO8/c34-30(41-32(36)26-16-8-10-18-28(26)39-22-24-13-5-2-6-14-24)20-19-29(33-37)40-31(35)25-15-7-9-17-27(25)38-21-23-11-3-1-4-12-23/h1-18,37H,19-22H2/b33-29-. The van der Waals surface area contributed by atoms with Crippen LogP contribution < -0.4 is 9.47 Å². The molecule has 0 atom stereocenters. The average Bonchev–Trinajstić information content (AvgIpc) is 3.02. The molecule has 0 aliphatic heterocycles. The van der Waals surface area contributed by atoms with E-state index < -0.39 is 30.2 Å². The Morgan fingerprint density at radius 1 is 0.561 bits per heavy atom. The number of benzene rings is 4. The van der Waals surface area contributed by atoms with Crippen LogP contribution >= 0.6 is 0 Å². The van der Waals surface area contributed by atoms with Crippen molar-refractivity contribution in [2.45, 2.75) is 26.1 Å². The summed E-state index contributed by atoms with van der Waals surface area (Å²) in [5.74, 6) is -2.54. The van der Waals surface area contributed by atoms with Crippen LogP contribution in [0.2, 0.25) is 0 Å². The van der Waals surface area contributed by atoms with Gasteiger partial charge in [0.05, 0.1) is 6.42 Å². The smallest absolute Gasteiger partial charge is 0.349 e. The lowest BCUT2D eigenvalue weighted by atomic mass is 10.2. The number of esters is 3. The van der Waals surface area contributed by atoms with E-state index in [-0.39, 0.29) is 42.3 Å². The van der Waals surface area contributed by atoms with Crippen LogP contribution in [-0.4, -0.2) is 29.0 Å². The van der Waals surface area contributed by atoms with Gasteiger partial charge in [0.2, 0.25) is 5.90 Å². The highest BCUT2D eigenvalue weighted by atomic mass is 16.6. The second-order valence-electron chi connectivity index (χ2n) is 8.69. The van der Waals surface area contributed by atoms with Crippen molar-refractivity contribution in [1.29, 1.82) is 0 Å². The van der Waals surface area contributed by atoms with Crippen molar-refractivity contribution >= 4 is 23.8 Å². The number of oxime groups is 1. The Hall–Kier alpha value is -5.44. The molecule has 0 bridgehead atoms. The highest BCUT2D eigenvalue weighted by Gasteiger charge is 2.21. The SMILES string of the molecule is O=C(CC/C(=N/O)OC(=O)c1ccccc1OCc1ccccc1)OC(=O)c1ccccc1OCc1ccccc1. The van der Waals surface area contributed by atoms with E-state index in [1.165, 1.54) is 12.1 Å². The first-order valence-electron chi connectivity index (χ1n) is 12.7. The summed E-state index contributed by atoms with van der Waals surface area (Å²) >= 11 is 0. The molecular formula is C32H27NO8. The number of rotatable bonds is 11. The Morgan fingerprint density at radius 3 is 1.49 bits per heavy atom.